The summed E-state index contributed by atoms with van der Waals surface area (Å²) in [6, 6.07) is 9.25. The van der Waals surface area contributed by atoms with Crippen LogP contribution in [0.25, 0.3) is 0 Å². The van der Waals surface area contributed by atoms with E-state index in [4.69, 9.17) is 4.74 Å². The largest absolute Gasteiger partial charge is 0.444 e. The van der Waals surface area contributed by atoms with Gasteiger partial charge in [-0.25, -0.2) is 4.79 Å². The summed E-state index contributed by atoms with van der Waals surface area (Å²) in [5, 5.41) is 10.7. The highest BCUT2D eigenvalue weighted by molar-refractivity contribution is 8.01. The van der Waals surface area contributed by atoms with Crippen LogP contribution in [0.2, 0.25) is 0 Å². The maximum atomic E-state index is 11.6. The lowest BCUT2D eigenvalue weighted by atomic mass is 10.2. The third-order valence-electron chi connectivity index (χ3n) is 2.29. The first-order valence-electron chi connectivity index (χ1n) is 6.07. The highest BCUT2D eigenvalue weighted by Crippen LogP contribution is 2.21. The Morgan fingerprint density at radius 1 is 1.29 bits per heavy atom. The number of imide groups is 1. The Morgan fingerprint density at radius 2 is 2.05 bits per heavy atom. The number of nitrogens with zero attached hydrogens (tertiary/aromatic N) is 2. The van der Waals surface area contributed by atoms with Crippen LogP contribution in [0.5, 0.6) is 0 Å². The minimum Gasteiger partial charge on any atom is -0.444 e. The normalized spacial score (nSPS) is 10.1. The van der Waals surface area contributed by atoms with E-state index in [0.717, 1.165) is 10.6 Å². The number of hydrogen-bond donors (Lipinski definition) is 1. The second kappa shape index (κ2) is 7.75. The molecule has 1 aromatic carbocycles. The molecule has 0 spiro atoms. The van der Waals surface area contributed by atoms with Gasteiger partial charge in [0.25, 0.3) is 0 Å². The number of benzene rings is 1. The van der Waals surface area contributed by atoms with E-state index in [9.17, 15) is 9.59 Å². The number of carbonyl (C=O) groups is 2. The quantitative estimate of drug-likeness (QED) is 0.851. The standard InChI is InChI=1S/C13H13N3O3S2/c1-9-15-16-13(21-9)20-8-11(17)14-12(18)19-7-10-5-3-2-4-6-10/h2-6H,7-8H2,1H3,(H,14,17,18). The van der Waals surface area contributed by atoms with Gasteiger partial charge in [-0.2, -0.15) is 0 Å². The molecule has 0 saturated heterocycles. The number of aromatic nitrogens is 2. The SMILES string of the molecule is Cc1nnc(SCC(=O)NC(=O)OCc2ccccc2)s1. The number of amides is 2. The summed E-state index contributed by atoms with van der Waals surface area (Å²) in [7, 11) is 0. The fourth-order valence-corrected chi connectivity index (χ4v) is 2.99. The van der Waals surface area contributed by atoms with Crippen LogP contribution in [-0.4, -0.2) is 28.0 Å². The zero-order chi connectivity index (χ0) is 15.1. The van der Waals surface area contributed by atoms with Crippen molar-refractivity contribution in [3.05, 3.63) is 40.9 Å². The van der Waals surface area contributed by atoms with E-state index in [1.165, 1.54) is 23.1 Å². The highest BCUT2D eigenvalue weighted by atomic mass is 32.2. The number of aryl methyl sites for hydroxylation is 1. The van der Waals surface area contributed by atoms with Crippen LogP contribution in [0.4, 0.5) is 4.79 Å². The maximum Gasteiger partial charge on any atom is 0.414 e. The molecule has 8 heteroatoms. The van der Waals surface area contributed by atoms with E-state index in [1.54, 1.807) is 0 Å². The molecule has 1 aromatic heterocycles. The fourth-order valence-electron chi connectivity index (χ4n) is 1.37. The number of hydrogen-bond acceptors (Lipinski definition) is 7. The second-order valence-electron chi connectivity index (χ2n) is 3.99. The van der Waals surface area contributed by atoms with Gasteiger partial charge in [0, 0.05) is 0 Å². The number of alkyl carbamates (subject to hydrolysis) is 1. The third kappa shape index (κ3) is 5.52. The van der Waals surface area contributed by atoms with Crippen LogP contribution in [0.15, 0.2) is 34.7 Å². The summed E-state index contributed by atoms with van der Waals surface area (Å²) < 4.78 is 5.64. The number of carbonyl (C=O) groups excluding carboxylic acids is 2. The molecule has 0 radical (unpaired) electrons. The van der Waals surface area contributed by atoms with Gasteiger partial charge in [-0.3, -0.25) is 10.1 Å². The van der Waals surface area contributed by atoms with Crippen LogP contribution < -0.4 is 5.32 Å². The topological polar surface area (TPSA) is 81.2 Å². The number of thioether (sulfide) groups is 1. The third-order valence-corrected chi connectivity index (χ3v) is 4.26. The predicted octanol–water partition coefficient (Wildman–Crippen LogP) is 2.39. The lowest BCUT2D eigenvalue weighted by Gasteiger charge is -2.05. The van der Waals surface area contributed by atoms with Gasteiger partial charge >= 0.3 is 6.09 Å². The van der Waals surface area contributed by atoms with Crippen molar-refractivity contribution in [3.63, 3.8) is 0 Å². The second-order valence-corrected chi connectivity index (χ2v) is 6.39. The van der Waals surface area contributed by atoms with Crippen LogP contribution in [0.1, 0.15) is 10.6 Å². The maximum absolute atomic E-state index is 11.6. The summed E-state index contributed by atoms with van der Waals surface area (Å²) in [6.07, 6.45) is -0.752. The molecule has 0 unspecified atom stereocenters. The molecule has 0 fully saturated rings. The van der Waals surface area contributed by atoms with E-state index >= 15 is 0 Å². The molecule has 0 aliphatic carbocycles. The minimum atomic E-state index is -0.752. The van der Waals surface area contributed by atoms with Crippen LogP contribution in [-0.2, 0) is 16.1 Å². The molecule has 0 bridgehead atoms. The summed E-state index contributed by atoms with van der Waals surface area (Å²) in [4.78, 5) is 23.0. The molecule has 110 valence electrons. The Morgan fingerprint density at radius 3 is 2.71 bits per heavy atom. The van der Waals surface area contributed by atoms with Crippen molar-refractivity contribution in [2.75, 3.05) is 5.75 Å². The monoisotopic (exact) mass is 323 g/mol. The zero-order valence-corrected chi connectivity index (χ0v) is 12.9. The van der Waals surface area contributed by atoms with Gasteiger partial charge in [-0.1, -0.05) is 53.4 Å². The van der Waals surface area contributed by atoms with Crippen molar-refractivity contribution >= 4 is 35.1 Å². The van der Waals surface area contributed by atoms with E-state index in [0.29, 0.717) is 4.34 Å². The Kier molecular flexibility index (Phi) is 5.70. The molecule has 0 atom stereocenters. The number of ether oxygens (including phenoxy) is 1. The van der Waals surface area contributed by atoms with E-state index in [1.807, 2.05) is 37.3 Å². The molecule has 1 N–H and O–H groups in total. The van der Waals surface area contributed by atoms with Gasteiger partial charge in [-0.05, 0) is 12.5 Å². The first-order valence-corrected chi connectivity index (χ1v) is 7.87. The van der Waals surface area contributed by atoms with Crippen molar-refractivity contribution in [2.45, 2.75) is 17.9 Å². The van der Waals surface area contributed by atoms with E-state index in [-0.39, 0.29) is 12.4 Å². The van der Waals surface area contributed by atoms with Crippen molar-refractivity contribution in [1.82, 2.24) is 15.5 Å². The van der Waals surface area contributed by atoms with Gasteiger partial charge in [0.05, 0.1) is 5.75 Å². The molecule has 2 amide bonds. The van der Waals surface area contributed by atoms with Crippen molar-refractivity contribution in [2.24, 2.45) is 0 Å². The van der Waals surface area contributed by atoms with Gasteiger partial charge < -0.3 is 4.74 Å². The molecule has 0 aliphatic rings. The average Bonchev–Trinajstić information content (AvgIpc) is 2.90. The fraction of sp³-hybridized carbons (Fsp3) is 0.231. The summed E-state index contributed by atoms with van der Waals surface area (Å²) in [6.45, 7) is 1.96. The van der Waals surface area contributed by atoms with Crippen molar-refractivity contribution in [1.29, 1.82) is 0 Å². The Hall–Kier alpha value is -1.93. The van der Waals surface area contributed by atoms with Crippen molar-refractivity contribution in [3.8, 4) is 0 Å². The van der Waals surface area contributed by atoms with Crippen LogP contribution >= 0.6 is 23.1 Å². The predicted molar refractivity (Wildman–Crippen MR) is 80.1 cm³/mol. The molecule has 1 heterocycles. The molecular formula is C13H13N3O3S2. The lowest BCUT2D eigenvalue weighted by molar-refractivity contribution is -0.117. The molecule has 6 nitrogen and oxygen atoms in total. The molecule has 0 aliphatic heterocycles. The minimum absolute atomic E-state index is 0.0923. The van der Waals surface area contributed by atoms with Gasteiger partial charge in [0.2, 0.25) is 5.91 Å². The first kappa shape index (κ1) is 15.5. The van der Waals surface area contributed by atoms with Crippen LogP contribution in [0.3, 0.4) is 0 Å². The Balaban J connectivity index is 1.68. The molecule has 0 saturated carbocycles. The molecule has 2 rings (SSSR count). The summed E-state index contributed by atoms with van der Waals surface area (Å²) >= 11 is 2.63. The number of nitrogens with one attached hydrogen (secondary N) is 1. The summed E-state index contributed by atoms with van der Waals surface area (Å²) in [5.74, 6) is -0.333. The average molecular weight is 323 g/mol. The van der Waals surface area contributed by atoms with Crippen molar-refractivity contribution < 1.29 is 14.3 Å². The molecule has 2 aromatic rings. The highest BCUT2D eigenvalue weighted by Gasteiger charge is 2.11. The molecular weight excluding hydrogens is 310 g/mol. The van der Waals surface area contributed by atoms with E-state index < -0.39 is 12.0 Å². The van der Waals surface area contributed by atoms with Gasteiger partial charge in [0.1, 0.15) is 11.6 Å². The zero-order valence-electron chi connectivity index (χ0n) is 11.2. The number of rotatable bonds is 5. The first-order chi connectivity index (χ1) is 10.1. The van der Waals surface area contributed by atoms with Gasteiger partial charge in [-0.15, -0.1) is 10.2 Å². The van der Waals surface area contributed by atoms with E-state index in [2.05, 4.69) is 15.5 Å². The molecule has 21 heavy (non-hydrogen) atoms. The Labute approximate surface area is 129 Å². The Bertz CT molecular complexity index is 616. The van der Waals surface area contributed by atoms with Crippen LogP contribution in [0, 0.1) is 6.92 Å². The summed E-state index contributed by atoms with van der Waals surface area (Å²) in [5.41, 5.74) is 0.860. The lowest BCUT2D eigenvalue weighted by Crippen LogP contribution is -2.32. The smallest absolute Gasteiger partial charge is 0.414 e. The van der Waals surface area contributed by atoms with Gasteiger partial charge in [0.15, 0.2) is 4.34 Å².